The van der Waals surface area contributed by atoms with Crippen molar-refractivity contribution in [3.63, 3.8) is 0 Å². The van der Waals surface area contributed by atoms with Crippen LogP contribution in [0.3, 0.4) is 0 Å². The molecule has 0 aliphatic carbocycles. The van der Waals surface area contributed by atoms with Crippen molar-refractivity contribution >= 4 is 74.1 Å². The van der Waals surface area contributed by atoms with Crippen LogP contribution in [-0.4, -0.2) is 74.1 Å². The summed E-state index contributed by atoms with van der Waals surface area (Å²) in [4.78, 5) is 0. The van der Waals surface area contributed by atoms with Crippen molar-refractivity contribution in [2.45, 2.75) is 0 Å². The molecule has 0 aliphatic rings. The molecule has 0 aromatic heterocycles. The summed E-state index contributed by atoms with van der Waals surface area (Å²) < 4.78 is 16.8. The minimum atomic E-state index is -0.1000. The van der Waals surface area contributed by atoms with Crippen LogP contribution in [0.4, 0.5) is 0 Å². The zero-order chi connectivity index (χ0) is 4.00. The molecule has 0 atom stereocenters. The maximum atomic E-state index is 8.42. The van der Waals surface area contributed by atoms with E-state index >= 15 is 0 Å². The third-order valence-electron chi connectivity index (χ3n) is 0. The molecule has 0 heterocycles. The van der Waals surface area contributed by atoms with Gasteiger partial charge in [-0.05, 0) is 0 Å². The van der Waals surface area contributed by atoms with Crippen molar-refractivity contribution in [3.05, 3.63) is 0 Å². The fraction of sp³-hybridized carbons (Fsp3) is 0. The molecule has 0 unspecified atom stereocenters. The van der Waals surface area contributed by atoms with Crippen molar-refractivity contribution in [2.75, 3.05) is 0 Å². The molecule has 0 aromatic rings. The van der Waals surface area contributed by atoms with Gasteiger partial charge in [-0.15, -0.1) is 0 Å². The zero-order valence-corrected chi connectivity index (χ0v) is 14.0. The summed E-state index contributed by atoms with van der Waals surface area (Å²) in [7, 11) is 0. The van der Waals surface area contributed by atoms with Crippen molar-refractivity contribution in [2.24, 2.45) is 0 Å². The molecule has 2 nitrogen and oxygen atoms in total. The van der Waals surface area contributed by atoms with E-state index in [0.717, 1.165) is 0 Å². The van der Waals surface area contributed by atoms with Crippen LogP contribution < -0.4 is 0 Å². The molecule has 0 rings (SSSR count). The number of hydrogen-bond acceptors (Lipinski definition) is 2. The Bertz CT molecular complexity index is 13.5. The van der Waals surface area contributed by atoms with Gasteiger partial charge in [0, 0.05) is 0 Å². The van der Waals surface area contributed by atoms with Crippen LogP contribution in [0.25, 0.3) is 0 Å². The Labute approximate surface area is 96.9 Å². The van der Waals surface area contributed by atoms with E-state index in [9.17, 15) is 0 Å². The molecule has 0 bridgehead atoms. The van der Waals surface area contributed by atoms with Crippen LogP contribution in [0.1, 0.15) is 0 Å². The molecule has 30 valence electrons. The van der Waals surface area contributed by atoms with Gasteiger partial charge in [-0.2, -0.15) is 0 Å². The molecule has 0 N–H and O–H groups in total. The number of hydrogen-bond donors (Lipinski definition) is 0. The Hall–Kier alpha value is 2.76. The quantitative estimate of drug-likeness (QED) is 0.368. The summed E-state index contributed by atoms with van der Waals surface area (Å²) >= 11 is 0.0250. The molecule has 0 fully saturated rings. The predicted molar refractivity (Wildman–Crippen MR) is 27.0 cm³/mol. The first-order valence-corrected chi connectivity index (χ1v) is 3.44. The molecule has 6 heavy (non-hydrogen) atoms. The van der Waals surface area contributed by atoms with E-state index in [0.29, 0.717) is 0 Å². The first-order chi connectivity index (χ1) is 2.00. The van der Waals surface area contributed by atoms with Gasteiger partial charge in [0.05, 0.1) is 0 Å². The van der Waals surface area contributed by atoms with Gasteiger partial charge in [-0.3, -0.25) is 0 Å². The predicted octanol–water partition coefficient (Wildman–Crippen LogP) is -2.99. The summed E-state index contributed by atoms with van der Waals surface area (Å²) in [6.45, 7) is 0. The van der Waals surface area contributed by atoms with Crippen molar-refractivity contribution in [1.29, 1.82) is 0 Å². The van der Waals surface area contributed by atoms with E-state index < -0.39 is 0 Å². The molecular weight excluding hydrogens is 446 g/mol. The zero-order valence-electron chi connectivity index (χ0n) is 2.94. The molecule has 0 saturated carbocycles. The third kappa shape index (κ3) is 29.4. The van der Waals surface area contributed by atoms with Gasteiger partial charge in [0.1, 0.15) is 0 Å². The Morgan fingerprint density at radius 2 is 1.17 bits per heavy atom. The SMILES string of the molecule is [InH3].[O]=[InH].[O]=[Zn].[SnH2]. The fourth-order valence-electron chi connectivity index (χ4n) is 0. The van der Waals surface area contributed by atoms with Gasteiger partial charge in [0.15, 0.2) is 0 Å². The molecule has 0 aromatic carbocycles. The normalized spacial score (nSPS) is 1.50. The van der Waals surface area contributed by atoms with Crippen LogP contribution in [-0.2, 0) is 24.7 Å². The van der Waals surface area contributed by atoms with Crippen LogP contribution >= 0.6 is 0 Å². The summed E-state index contributed by atoms with van der Waals surface area (Å²) in [6, 6.07) is 0. The molecular formula is H6In2O2SnZn. The van der Waals surface area contributed by atoms with Gasteiger partial charge in [0.2, 0.25) is 0 Å². The average molecular weight is 452 g/mol. The molecule has 2 radical (unpaired) electrons. The van der Waals surface area contributed by atoms with Crippen molar-refractivity contribution in [1.82, 2.24) is 0 Å². The van der Waals surface area contributed by atoms with E-state index in [1.165, 1.54) is 0 Å². The van der Waals surface area contributed by atoms with Gasteiger partial charge in [0.25, 0.3) is 0 Å². The van der Waals surface area contributed by atoms with Crippen LogP contribution in [0.5, 0.6) is 0 Å². The Kier molecular flexibility index (Phi) is 180. The Morgan fingerprint density at radius 1 is 1.17 bits per heavy atom. The van der Waals surface area contributed by atoms with E-state index in [2.05, 4.69) is 0 Å². The van der Waals surface area contributed by atoms with Gasteiger partial charge >= 0.3 is 98.8 Å². The van der Waals surface area contributed by atoms with E-state index in [1.807, 2.05) is 0 Å². The average Bonchev–Trinajstić information content (AvgIpc) is 1.50. The summed E-state index contributed by atoms with van der Waals surface area (Å²) in [6.07, 6.45) is 0. The first kappa shape index (κ1) is 23.3. The second kappa shape index (κ2) is 46.5. The summed E-state index contributed by atoms with van der Waals surface area (Å²) in [5.41, 5.74) is 0. The minimum absolute atomic E-state index is 0. The Balaban J connectivity index is -0.00000000500. The monoisotopic (exact) mass is 452 g/mol. The molecule has 0 aliphatic heterocycles. The standard InChI is InChI=1S/2In.2O.Sn.Zn.6H. The Morgan fingerprint density at radius 3 is 1.17 bits per heavy atom. The van der Waals surface area contributed by atoms with Crippen LogP contribution in [0, 0.1) is 0 Å². The second-order valence-corrected chi connectivity index (χ2v) is 0. The van der Waals surface area contributed by atoms with Gasteiger partial charge in [-0.25, -0.2) is 0 Å². The van der Waals surface area contributed by atoms with Gasteiger partial charge in [-0.1, -0.05) is 0 Å². The maximum absolute atomic E-state index is 8.42. The molecule has 0 amide bonds. The first-order valence-electron chi connectivity index (χ1n) is 0.577. The molecule has 6 heteroatoms. The van der Waals surface area contributed by atoms with E-state index in [4.69, 9.17) is 6.43 Å². The molecule has 0 spiro atoms. The second-order valence-electron chi connectivity index (χ2n) is 0. The molecule has 0 saturated heterocycles. The summed E-state index contributed by atoms with van der Waals surface area (Å²) in [5, 5.41) is 0. The van der Waals surface area contributed by atoms with Crippen LogP contribution in [0.15, 0.2) is 0 Å². The fourth-order valence-corrected chi connectivity index (χ4v) is 0. The van der Waals surface area contributed by atoms with E-state index in [-0.39, 0.29) is 92.4 Å². The van der Waals surface area contributed by atoms with Crippen molar-refractivity contribution in [3.8, 4) is 0 Å². The van der Waals surface area contributed by atoms with Crippen LogP contribution in [0.2, 0.25) is 0 Å². The van der Waals surface area contributed by atoms with Gasteiger partial charge < -0.3 is 0 Å². The number of rotatable bonds is 0. The van der Waals surface area contributed by atoms with Crippen molar-refractivity contribution < 1.29 is 24.7 Å². The topological polar surface area (TPSA) is 34.1 Å². The summed E-state index contributed by atoms with van der Waals surface area (Å²) in [5.74, 6) is 0. The van der Waals surface area contributed by atoms with E-state index in [1.54, 1.807) is 0 Å². The third-order valence-corrected chi connectivity index (χ3v) is 0.